The third-order valence-corrected chi connectivity index (χ3v) is 3.63. The van der Waals surface area contributed by atoms with E-state index in [1.54, 1.807) is 0 Å². The molecule has 5 heteroatoms. The monoisotopic (exact) mass is 277 g/mol. The number of methoxy groups -OCH3 is 1. The summed E-state index contributed by atoms with van der Waals surface area (Å²) < 4.78 is 5.30. The van der Waals surface area contributed by atoms with Gasteiger partial charge in [0.25, 0.3) is 5.91 Å². The van der Waals surface area contributed by atoms with E-state index in [-0.39, 0.29) is 5.91 Å². The van der Waals surface area contributed by atoms with Crippen molar-refractivity contribution in [2.24, 2.45) is 0 Å². The van der Waals surface area contributed by atoms with E-state index in [0.717, 1.165) is 18.4 Å². The summed E-state index contributed by atoms with van der Waals surface area (Å²) in [5, 5.41) is 9.25. The van der Waals surface area contributed by atoms with Crippen LogP contribution in [0.25, 0.3) is 0 Å². The normalized spacial score (nSPS) is 20.4. The van der Waals surface area contributed by atoms with Crippen LogP contribution < -0.4 is 0 Å². The number of piperidine rings is 1. The molecule has 0 aliphatic carbocycles. The van der Waals surface area contributed by atoms with E-state index >= 15 is 0 Å². The number of carboxylic acids is 1. The first-order valence-corrected chi connectivity index (χ1v) is 6.76. The van der Waals surface area contributed by atoms with E-state index in [1.807, 2.05) is 30.3 Å². The molecule has 1 unspecified atom stereocenters. The fraction of sp³-hybridized carbons (Fsp3) is 0.467. The number of likely N-dealkylation sites (tertiary alicyclic amines) is 1. The highest BCUT2D eigenvalue weighted by Gasteiger charge is 2.35. The predicted molar refractivity (Wildman–Crippen MR) is 73.2 cm³/mol. The quantitative estimate of drug-likeness (QED) is 0.912. The van der Waals surface area contributed by atoms with Crippen molar-refractivity contribution in [3.05, 3.63) is 35.9 Å². The van der Waals surface area contributed by atoms with Gasteiger partial charge in [0.2, 0.25) is 0 Å². The molecule has 0 aromatic heterocycles. The molecule has 108 valence electrons. The van der Waals surface area contributed by atoms with Crippen molar-refractivity contribution < 1.29 is 19.4 Å². The van der Waals surface area contributed by atoms with Crippen LogP contribution in [-0.4, -0.2) is 41.6 Å². The Balaban J connectivity index is 2.21. The Morgan fingerprint density at radius 3 is 2.60 bits per heavy atom. The molecule has 1 aromatic rings. The van der Waals surface area contributed by atoms with Crippen LogP contribution in [0, 0.1) is 0 Å². The van der Waals surface area contributed by atoms with Crippen LogP contribution in [0.1, 0.15) is 30.9 Å². The Kier molecular flexibility index (Phi) is 4.74. The number of ether oxygens (including phenoxy) is 1. The molecule has 1 N–H and O–H groups in total. The standard InChI is InChI=1S/C15H19NO4/c1-20-13(11-7-3-2-4-8-11)14(17)16-10-6-5-9-12(16)15(18)19/h2-4,7-8,12-13H,5-6,9-10H2,1H3,(H,18,19)/t12?,13-/m1/s1. The van der Waals surface area contributed by atoms with Gasteiger partial charge >= 0.3 is 5.97 Å². The number of benzene rings is 1. The highest BCUT2D eigenvalue weighted by molar-refractivity contribution is 5.87. The molecule has 0 spiro atoms. The lowest BCUT2D eigenvalue weighted by Crippen LogP contribution is -2.49. The Morgan fingerprint density at radius 2 is 2.00 bits per heavy atom. The summed E-state index contributed by atoms with van der Waals surface area (Å²) in [6.07, 6.45) is 1.44. The van der Waals surface area contributed by atoms with Gasteiger partial charge in [0.1, 0.15) is 6.04 Å². The minimum absolute atomic E-state index is 0.272. The summed E-state index contributed by atoms with van der Waals surface area (Å²) in [5.74, 6) is -1.22. The van der Waals surface area contributed by atoms with Gasteiger partial charge in [-0.2, -0.15) is 0 Å². The number of carbonyl (C=O) groups is 2. The molecule has 0 radical (unpaired) electrons. The van der Waals surface area contributed by atoms with Crippen LogP contribution in [0.5, 0.6) is 0 Å². The maximum atomic E-state index is 12.6. The van der Waals surface area contributed by atoms with Crippen molar-refractivity contribution >= 4 is 11.9 Å². The van der Waals surface area contributed by atoms with Gasteiger partial charge in [-0.3, -0.25) is 4.79 Å². The molecule has 1 aromatic carbocycles. The molecule has 20 heavy (non-hydrogen) atoms. The van der Waals surface area contributed by atoms with Gasteiger partial charge in [0, 0.05) is 13.7 Å². The smallest absolute Gasteiger partial charge is 0.326 e. The summed E-state index contributed by atoms with van der Waals surface area (Å²) in [6.45, 7) is 0.475. The fourth-order valence-corrected chi connectivity index (χ4v) is 2.61. The SMILES string of the molecule is CO[C@@H](C(=O)N1CCCCC1C(=O)O)c1ccccc1. The summed E-state index contributed by atoms with van der Waals surface area (Å²) in [6, 6.07) is 8.41. The lowest BCUT2D eigenvalue weighted by molar-refractivity contribution is -0.157. The number of nitrogens with zero attached hydrogens (tertiary/aromatic N) is 1. The van der Waals surface area contributed by atoms with Crippen molar-refractivity contribution in [2.45, 2.75) is 31.4 Å². The highest BCUT2D eigenvalue weighted by Crippen LogP contribution is 2.25. The fourth-order valence-electron chi connectivity index (χ4n) is 2.61. The largest absolute Gasteiger partial charge is 0.480 e. The van der Waals surface area contributed by atoms with Crippen molar-refractivity contribution in [3.8, 4) is 0 Å². The minimum atomic E-state index is -0.944. The first-order chi connectivity index (χ1) is 9.65. The van der Waals surface area contributed by atoms with Gasteiger partial charge in [0.15, 0.2) is 6.10 Å². The van der Waals surface area contributed by atoms with Crippen molar-refractivity contribution in [1.29, 1.82) is 0 Å². The Bertz CT molecular complexity index is 474. The molecule has 1 aliphatic rings. The van der Waals surface area contributed by atoms with Gasteiger partial charge in [-0.25, -0.2) is 4.79 Å². The van der Waals surface area contributed by atoms with E-state index < -0.39 is 18.1 Å². The number of carbonyl (C=O) groups excluding carboxylic acids is 1. The second-order valence-corrected chi connectivity index (χ2v) is 4.91. The summed E-state index contributed by atoms with van der Waals surface area (Å²) >= 11 is 0. The number of amides is 1. The lowest BCUT2D eigenvalue weighted by Gasteiger charge is -2.35. The summed E-state index contributed by atoms with van der Waals surface area (Å²) in [5.41, 5.74) is 0.745. The maximum Gasteiger partial charge on any atom is 0.326 e. The average molecular weight is 277 g/mol. The number of aliphatic carboxylic acids is 1. The number of rotatable bonds is 4. The van der Waals surface area contributed by atoms with E-state index in [0.29, 0.717) is 13.0 Å². The topological polar surface area (TPSA) is 66.8 Å². The molecule has 1 aliphatic heterocycles. The Hall–Kier alpha value is -1.88. The summed E-state index contributed by atoms with van der Waals surface area (Å²) in [4.78, 5) is 25.3. The molecule has 1 fully saturated rings. The number of hydrogen-bond acceptors (Lipinski definition) is 3. The second-order valence-electron chi connectivity index (χ2n) is 4.91. The molecule has 0 saturated carbocycles. The lowest BCUT2D eigenvalue weighted by atomic mass is 10.00. The Labute approximate surface area is 118 Å². The van der Waals surface area contributed by atoms with Gasteiger partial charge in [-0.15, -0.1) is 0 Å². The molecular weight excluding hydrogens is 258 g/mol. The zero-order valence-electron chi connectivity index (χ0n) is 11.5. The van der Waals surface area contributed by atoms with Crippen LogP contribution in [0.4, 0.5) is 0 Å². The number of hydrogen-bond donors (Lipinski definition) is 1. The highest BCUT2D eigenvalue weighted by atomic mass is 16.5. The van der Waals surface area contributed by atoms with Crippen LogP contribution in [0.2, 0.25) is 0 Å². The van der Waals surface area contributed by atoms with E-state index in [2.05, 4.69) is 0 Å². The predicted octanol–water partition coefficient (Wildman–Crippen LogP) is 1.84. The first-order valence-electron chi connectivity index (χ1n) is 6.76. The zero-order chi connectivity index (χ0) is 14.5. The van der Waals surface area contributed by atoms with Gasteiger partial charge in [-0.05, 0) is 24.8 Å². The average Bonchev–Trinajstić information content (AvgIpc) is 2.49. The second kappa shape index (κ2) is 6.52. The minimum Gasteiger partial charge on any atom is -0.480 e. The third-order valence-electron chi connectivity index (χ3n) is 3.63. The molecule has 1 amide bonds. The molecule has 2 atom stereocenters. The van der Waals surface area contributed by atoms with Crippen LogP contribution in [-0.2, 0) is 14.3 Å². The van der Waals surface area contributed by atoms with Gasteiger partial charge < -0.3 is 14.7 Å². The van der Waals surface area contributed by atoms with Crippen molar-refractivity contribution in [2.75, 3.05) is 13.7 Å². The van der Waals surface area contributed by atoms with E-state index in [4.69, 9.17) is 4.74 Å². The molecule has 5 nitrogen and oxygen atoms in total. The maximum absolute atomic E-state index is 12.6. The zero-order valence-corrected chi connectivity index (χ0v) is 11.5. The molecule has 1 heterocycles. The van der Waals surface area contributed by atoms with Crippen molar-refractivity contribution in [1.82, 2.24) is 4.90 Å². The Morgan fingerprint density at radius 1 is 1.30 bits per heavy atom. The van der Waals surface area contributed by atoms with Gasteiger partial charge in [-0.1, -0.05) is 30.3 Å². The summed E-state index contributed by atoms with van der Waals surface area (Å²) in [7, 11) is 1.47. The van der Waals surface area contributed by atoms with Crippen LogP contribution in [0.15, 0.2) is 30.3 Å². The molecule has 1 saturated heterocycles. The first kappa shape index (κ1) is 14.5. The van der Waals surface area contributed by atoms with E-state index in [9.17, 15) is 14.7 Å². The third kappa shape index (κ3) is 2.99. The molecule has 2 rings (SSSR count). The molecule has 0 bridgehead atoms. The van der Waals surface area contributed by atoms with E-state index in [1.165, 1.54) is 12.0 Å². The van der Waals surface area contributed by atoms with Crippen molar-refractivity contribution in [3.63, 3.8) is 0 Å². The van der Waals surface area contributed by atoms with Crippen LogP contribution in [0.3, 0.4) is 0 Å². The molecular formula is C15H19NO4. The van der Waals surface area contributed by atoms with Crippen LogP contribution >= 0.6 is 0 Å². The van der Waals surface area contributed by atoms with Gasteiger partial charge in [0.05, 0.1) is 0 Å². The number of carboxylic acid groups (broad SMARTS) is 1.